The van der Waals surface area contributed by atoms with E-state index >= 15 is 0 Å². The zero-order valence-corrected chi connectivity index (χ0v) is 17.0. The molecule has 1 saturated heterocycles. The van der Waals surface area contributed by atoms with Gasteiger partial charge in [-0.15, -0.1) is 0 Å². The number of nitrogens with one attached hydrogen (secondary N) is 2. The van der Waals surface area contributed by atoms with E-state index in [-0.39, 0.29) is 12.0 Å². The Balaban J connectivity index is 1.77. The second-order valence-corrected chi connectivity index (χ2v) is 7.69. The molecule has 8 nitrogen and oxygen atoms in total. The normalized spacial score (nSPS) is 15.9. The van der Waals surface area contributed by atoms with Gasteiger partial charge in [0.2, 0.25) is 5.95 Å². The Morgan fingerprint density at radius 3 is 2.79 bits per heavy atom. The molecule has 4 heterocycles. The van der Waals surface area contributed by atoms with Crippen LogP contribution in [0.5, 0.6) is 0 Å². The fourth-order valence-corrected chi connectivity index (χ4v) is 4.13. The molecular weight excluding hydrogens is 364 g/mol. The summed E-state index contributed by atoms with van der Waals surface area (Å²) >= 11 is 0. The summed E-state index contributed by atoms with van der Waals surface area (Å²) in [5, 5.41) is 16.3. The van der Waals surface area contributed by atoms with Gasteiger partial charge in [-0.2, -0.15) is 10.2 Å². The molecule has 0 radical (unpaired) electrons. The van der Waals surface area contributed by atoms with E-state index in [0.29, 0.717) is 23.0 Å². The van der Waals surface area contributed by atoms with Crippen LogP contribution in [-0.4, -0.2) is 32.6 Å². The van der Waals surface area contributed by atoms with Gasteiger partial charge in [0, 0.05) is 13.2 Å². The third-order valence-electron chi connectivity index (χ3n) is 5.69. The van der Waals surface area contributed by atoms with Crippen LogP contribution in [0.4, 0.5) is 11.8 Å². The summed E-state index contributed by atoms with van der Waals surface area (Å²) in [7, 11) is 2.04. The van der Waals surface area contributed by atoms with E-state index in [9.17, 15) is 5.26 Å². The van der Waals surface area contributed by atoms with Crippen molar-refractivity contribution in [2.75, 3.05) is 24.1 Å². The van der Waals surface area contributed by atoms with Gasteiger partial charge in [0.15, 0.2) is 0 Å². The minimum atomic E-state index is -0.134. The molecule has 1 aliphatic rings. The average Bonchev–Trinajstić information content (AvgIpc) is 3.07. The highest BCUT2D eigenvalue weighted by Crippen LogP contribution is 2.34. The monoisotopic (exact) mass is 390 g/mol. The third-order valence-corrected chi connectivity index (χ3v) is 5.69. The van der Waals surface area contributed by atoms with E-state index < -0.39 is 0 Å². The quantitative estimate of drug-likeness (QED) is 0.627. The highest BCUT2D eigenvalue weighted by Gasteiger charge is 2.24. The largest absolute Gasteiger partial charge is 0.368 e. The van der Waals surface area contributed by atoms with Crippen molar-refractivity contribution in [3.63, 3.8) is 0 Å². The molecule has 0 aromatic carbocycles. The van der Waals surface area contributed by atoms with Gasteiger partial charge in [0.05, 0.1) is 28.5 Å². The first kappa shape index (κ1) is 19.2. The zero-order chi connectivity index (χ0) is 20.5. The van der Waals surface area contributed by atoms with Crippen LogP contribution in [0.15, 0.2) is 18.3 Å². The van der Waals surface area contributed by atoms with Crippen molar-refractivity contribution in [2.45, 2.75) is 38.6 Å². The number of rotatable bonds is 4. The summed E-state index contributed by atoms with van der Waals surface area (Å²) in [6, 6.07) is 6.36. The first-order chi connectivity index (χ1) is 14.0. The Bertz CT molecular complexity index is 1090. The highest BCUT2D eigenvalue weighted by atomic mass is 15.1. The van der Waals surface area contributed by atoms with Gasteiger partial charge in [-0.3, -0.25) is 0 Å². The molecule has 3 aromatic rings. The van der Waals surface area contributed by atoms with Crippen molar-refractivity contribution in [3.05, 3.63) is 40.8 Å². The minimum absolute atomic E-state index is 0.134. The fourth-order valence-electron chi connectivity index (χ4n) is 4.13. The number of hydrogen-bond acceptors (Lipinski definition) is 7. The van der Waals surface area contributed by atoms with Crippen molar-refractivity contribution in [1.82, 2.24) is 24.8 Å². The minimum Gasteiger partial charge on any atom is -0.368 e. The Morgan fingerprint density at radius 1 is 1.31 bits per heavy atom. The number of hydrogen-bond donors (Lipinski definition) is 3. The Kier molecular flexibility index (Phi) is 5.07. The number of fused-ring (bicyclic) bond motifs is 1. The summed E-state index contributed by atoms with van der Waals surface area (Å²) in [6.07, 6.45) is 4.20. The van der Waals surface area contributed by atoms with Gasteiger partial charge in [-0.05, 0) is 63.4 Å². The Labute approximate surface area is 170 Å². The molecule has 1 fully saturated rings. The van der Waals surface area contributed by atoms with Gasteiger partial charge in [-0.25, -0.2) is 9.97 Å². The number of aromatic nitrogens is 4. The summed E-state index contributed by atoms with van der Waals surface area (Å²) in [4.78, 5) is 13.4. The van der Waals surface area contributed by atoms with Crippen molar-refractivity contribution in [2.24, 2.45) is 7.05 Å². The lowest BCUT2D eigenvalue weighted by atomic mass is 9.87. The fraction of sp³-hybridized carbons (Fsp3) is 0.429. The van der Waals surface area contributed by atoms with Gasteiger partial charge in [-0.1, -0.05) is 0 Å². The number of nitrogen functional groups attached to an aromatic ring is 1. The van der Waals surface area contributed by atoms with E-state index in [4.69, 9.17) is 10.7 Å². The number of nitrogens with two attached hydrogens (primary N) is 1. The molecule has 4 rings (SSSR count). The first-order valence-corrected chi connectivity index (χ1v) is 9.95. The number of aryl methyl sites for hydroxylation is 2. The topological polar surface area (TPSA) is 117 Å². The number of pyridine rings is 1. The Morgan fingerprint density at radius 2 is 2.07 bits per heavy atom. The van der Waals surface area contributed by atoms with Crippen LogP contribution in [0.2, 0.25) is 0 Å². The first-order valence-electron chi connectivity index (χ1n) is 9.95. The number of piperidine rings is 1. The van der Waals surface area contributed by atoms with E-state index in [0.717, 1.165) is 42.7 Å². The van der Waals surface area contributed by atoms with Crippen LogP contribution in [0.1, 0.15) is 54.2 Å². The maximum Gasteiger partial charge on any atom is 0.222 e. The molecule has 8 heteroatoms. The van der Waals surface area contributed by atoms with Crippen molar-refractivity contribution < 1.29 is 0 Å². The summed E-state index contributed by atoms with van der Waals surface area (Å²) in [5.41, 5.74) is 11.2. The van der Waals surface area contributed by atoms with Crippen molar-refractivity contribution in [3.8, 4) is 6.07 Å². The van der Waals surface area contributed by atoms with E-state index in [2.05, 4.69) is 44.2 Å². The molecule has 0 bridgehead atoms. The summed E-state index contributed by atoms with van der Waals surface area (Å²) in [6.45, 7) is 5.84. The van der Waals surface area contributed by atoms with Crippen LogP contribution in [-0.2, 0) is 7.05 Å². The molecule has 0 spiro atoms. The highest BCUT2D eigenvalue weighted by molar-refractivity contribution is 5.77. The van der Waals surface area contributed by atoms with E-state index in [1.807, 2.05) is 19.3 Å². The lowest BCUT2D eigenvalue weighted by Gasteiger charge is -2.27. The van der Waals surface area contributed by atoms with Crippen molar-refractivity contribution in [1.29, 1.82) is 5.26 Å². The second kappa shape index (κ2) is 7.68. The van der Waals surface area contributed by atoms with Crippen LogP contribution >= 0.6 is 0 Å². The standard InChI is InChI=1S/C21H26N8/c1-12-16(11-22)20(28-21(23)26-12)25-13(2)19-15(14-4-7-24-8-5-14)10-18-17(27-19)6-9-29(18)3/h6,9-10,13-14,24H,4-5,7-8H2,1-3H3,(H3,23,25,26,28)/t13-/m0/s1. The molecule has 3 aromatic heterocycles. The molecule has 0 saturated carbocycles. The number of nitrogens with zero attached hydrogens (tertiary/aromatic N) is 5. The van der Waals surface area contributed by atoms with Crippen molar-refractivity contribution >= 4 is 22.8 Å². The molecular formula is C21H26N8. The SMILES string of the molecule is Cc1nc(N)nc(N[C@@H](C)c2nc3ccn(C)c3cc2C2CCNCC2)c1C#N. The number of anilines is 2. The summed E-state index contributed by atoms with van der Waals surface area (Å²) < 4.78 is 2.11. The van der Waals surface area contributed by atoms with Crippen LogP contribution < -0.4 is 16.4 Å². The van der Waals surface area contributed by atoms with Gasteiger partial charge < -0.3 is 20.9 Å². The molecule has 1 atom stereocenters. The van der Waals surface area contributed by atoms with Gasteiger partial charge in [0.25, 0.3) is 0 Å². The maximum atomic E-state index is 9.54. The molecule has 0 unspecified atom stereocenters. The smallest absolute Gasteiger partial charge is 0.222 e. The predicted octanol–water partition coefficient (Wildman–Crippen LogP) is 2.77. The lowest BCUT2D eigenvalue weighted by molar-refractivity contribution is 0.456. The van der Waals surface area contributed by atoms with E-state index in [1.54, 1.807) is 6.92 Å². The van der Waals surface area contributed by atoms with Crippen LogP contribution in [0.25, 0.3) is 11.0 Å². The predicted molar refractivity (Wildman–Crippen MR) is 113 cm³/mol. The molecule has 1 aliphatic heterocycles. The lowest BCUT2D eigenvalue weighted by Crippen LogP contribution is -2.28. The van der Waals surface area contributed by atoms with Crippen LogP contribution in [0, 0.1) is 18.3 Å². The number of nitriles is 1. The molecule has 0 aliphatic carbocycles. The van der Waals surface area contributed by atoms with Gasteiger partial charge in [0.1, 0.15) is 17.5 Å². The zero-order valence-electron chi connectivity index (χ0n) is 17.0. The summed E-state index contributed by atoms with van der Waals surface area (Å²) in [5.74, 6) is 1.06. The molecule has 29 heavy (non-hydrogen) atoms. The average molecular weight is 390 g/mol. The second-order valence-electron chi connectivity index (χ2n) is 7.69. The Hall–Kier alpha value is -3.18. The van der Waals surface area contributed by atoms with Crippen LogP contribution in [0.3, 0.4) is 0 Å². The maximum absolute atomic E-state index is 9.54. The van der Waals surface area contributed by atoms with E-state index in [1.165, 1.54) is 5.56 Å². The third kappa shape index (κ3) is 3.61. The molecule has 4 N–H and O–H groups in total. The molecule has 150 valence electrons. The van der Waals surface area contributed by atoms with Gasteiger partial charge >= 0.3 is 0 Å². The molecule has 0 amide bonds.